The smallest absolute Gasteiger partial charge is 0.264 e. The minimum Gasteiger partial charge on any atom is -0.493 e. The van der Waals surface area contributed by atoms with Crippen molar-refractivity contribution in [2.24, 2.45) is 0 Å². The van der Waals surface area contributed by atoms with E-state index >= 15 is 0 Å². The predicted molar refractivity (Wildman–Crippen MR) is 162 cm³/mol. The number of nitrogens with one attached hydrogen (secondary N) is 1. The fraction of sp³-hybridized carbons (Fsp3) is 0.355. The average Bonchev–Trinajstić information content (AvgIpc) is 3.35. The lowest BCUT2D eigenvalue weighted by molar-refractivity contribution is -0.141. The number of hydrogen-bond acceptors (Lipinski definition) is 11. The number of para-hydroxylation sites is 2. The van der Waals surface area contributed by atoms with Crippen molar-refractivity contribution < 1.29 is 32.1 Å². The quantitative estimate of drug-likeness (QED) is 0.244. The number of hydrogen-bond donors (Lipinski definition) is 1. The highest BCUT2D eigenvalue weighted by atomic mass is 32.2. The first-order valence-corrected chi connectivity index (χ1v) is 15.4. The van der Waals surface area contributed by atoms with Crippen LogP contribution in [0.1, 0.15) is 40.2 Å². The third kappa shape index (κ3) is 7.24. The Kier molecular flexibility index (Phi) is 8.73. The Morgan fingerprint density at radius 3 is 2.25 bits per heavy atom. The first-order valence-electron chi connectivity index (χ1n) is 13.9. The van der Waals surface area contributed by atoms with Crippen LogP contribution in [0.25, 0.3) is 11.6 Å². The summed E-state index contributed by atoms with van der Waals surface area (Å²) in [4.78, 5) is 17.6. The maximum absolute atomic E-state index is 13.7. The summed E-state index contributed by atoms with van der Waals surface area (Å²) in [6.45, 7) is 10.1. The molecule has 0 radical (unpaired) electrons. The maximum atomic E-state index is 13.7. The zero-order valence-electron chi connectivity index (χ0n) is 25.4. The molecule has 12 nitrogen and oxygen atoms in total. The van der Waals surface area contributed by atoms with Crippen molar-refractivity contribution in [1.29, 1.82) is 0 Å². The van der Waals surface area contributed by atoms with Gasteiger partial charge < -0.3 is 23.7 Å². The first-order chi connectivity index (χ1) is 20.8. The molecule has 1 fully saturated rings. The van der Waals surface area contributed by atoms with Crippen molar-refractivity contribution in [1.82, 2.24) is 19.9 Å². The van der Waals surface area contributed by atoms with E-state index in [4.69, 9.17) is 23.7 Å². The molecule has 5 rings (SSSR count). The second-order valence-electron chi connectivity index (χ2n) is 11.5. The van der Waals surface area contributed by atoms with Crippen molar-refractivity contribution in [2.75, 3.05) is 25.0 Å². The number of methoxy groups -OCH3 is 1. The number of rotatable bonds is 10. The highest BCUT2D eigenvalue weighted by molar-refractivity contribution is 7.92. The number of nitrogens with zero attached hydrogens (tertiary/aromatic N) is 4. The van der Waals surface area contributed by atoms with Crippen LogP contribution in [0.2, 0.25) is 0 Å². The van der Waals surface area contributed by atoms with Crippen LogP contribution >= 0.6 is 0 Å². The molecule has 0 amide bonds. The Morgan fingerprint density at radius 1 is 0.955 bits per heavy atom. The highest BCUT2D eigenvalue weighted by Gasteiger charge is 2.34. The number of benzene rings is 2. The zero-order chi connectivity index (χ0) is 31.5. The van der Waals surface area contributed by atoms with Gasteiger partial charge >= 0.3 is 0 Å². The average molecular weight is 622 g/mol. The molecule has 1 saturated heterocycles. The van der Waals surface area contributed by atoms with Crippen LogP contribution in [0.15, 0.2) is 71.9 Å². The van der Waals surface area contributed by atoms with Gasteiger partial charge in [0.1, 0.15) is 12.7 Å². The Balaban J connectivity index is 1.60. The SMILES string of the molecule is COc1ccccc1Oc1c(NS(=O)(=O)c2ccc(C(C)(C)C)cc2)nc(-c2ncccn2)nc1OCC1COC(C)(C)O1. The van der Waals surface area contributed by atoms with Crippen molar-refractivity contribution in [3.05, 3.63) is 72.6 Å². The fourth-order valence-electron chi connectivity index (χ4n) is 4.35. The monoisotopic (exact) mass is 621 g/mol. The molecule has 13 heteroatoms. The minimum absolute atomic E-state index is 0.0117. The summed E-state index contributed by atoms with van der Waals surface area (Å²) in [6, 6.07) is 15.2. The van der Waals surface area contributed by atoms with E-state index in [2.05, 4.69) is 45.4 Å². The van der Waals surface area contributed by atoms with Gasteiger partial charge in [-0.1, -0.05) is 45.0 Å². The molecule has 44 heavy (non-hydrogen) atoms. The molecule has 2 aromatic heterocycles. The molecule has 0 aliphatic carbocycles. The van der Waals surface area contributed by atoms with Gasteiger partial charge in [0, 0.05) is 12.4 Å². The van der Waals surface area contributed by atoms with Crippen LogP contribution in [-0.2, 0) is 24.9 Å². The van der Waals surface area contributed by atoms with E-state index in [1.807, 2.05) is 0 Å². The summed E-state index contributed by atoms with van der Waals surface area (Å²) in [5.74, 6) is -0.284. The van der Waals surface area contributed by atoms with Crippen molar-refractivity contribution in [2.45, 2.75) is 56.8 Å². The van der Waals surface area contributed by atoms with Gasteiger partial charge in [0.25, 0.3) is 15.9 Å². The molecule has 1 N–H and O–H groups in total. The first kappa shape index (κ1) is 31.1. The summed E-state index contributed by atoms with van der Waals surface area (Å²) in [7, 11) is -2.66. The second-order valence-corrected chi connectivity index (χ2v) is 13.2. The van der Waals surface area contributed by atoms with Crippen molar-refractivity contribution >= 4 is 15.8 Å². The Morgan fingerprint density at radius 2 is 1.64 bits per heavy atom. The zero-order valence-corrected chi connectivity index (χ0v) is 26.2. The van der Waals surface area contributed by atoms with E-state index in [1.165, 1.54) is 19.5 Å². The minimum atomic E-state index is -4.16. The Bertz CT molecular complexity index is 1710. The normalized spacial score (nSPS) is 16.4. The fourth-order valence-corrected chi connectivity index (χ4v) is 5.36. The topological polar surface area (TPSA) is 144 Å². The van der Waals surface area contributed by atoms with Gasteiger partial charge in [-0.25, -0.2) is 23.4 Å². The predicted octanol–water partition coefficient (Wildman–Crippen LogP) is 5.36. The lowest BCUT2D eigenvalue weighted by atomic mass is 9.87. The number of anilines is 1. The number of sulfonamides is 1. The Hall–Kier alpha value is -4.33. The van der Waals surface area contributed by atoms with E-state index in [1.54, 1.807) is 68.4 Å². The van der Waals surface area contributed by atoms with Crippen LogP contribution in [0.4, 0.5) is 5.82 Å². The van der Waals surface area contributed by atoms with Gasteiger partial charge in [-0.15, -0.1) is 0 Å². The molecule has 0 spiro atoms. The Labute approximate surface area is 256 Å². The molecule has 232 valence electrons. The van der Waals surface area contributed by atoms with Crippen LogP contribution < -0.4 is 18.9 Å². The van der Waals surface area contributed by atoms with Crippen LogP contribution in [0.3, 0.4) is 0 Å². The number of aromatic nitrogens is 4. The largest absolute Gasteiger partial charge is 0.493 e. The van der Waals surface area contributed by atoms with Crippen LogP contribution in [0.5, 0.6) is 23.1 Å². The molecule has 2 aromatic carbocycles. The van der Waals surface area contributed by atoms with Gasteiger partial charge in [0.2, 0.25) is 11.6 Å². The van der Waals surface area contributed by atoms with Crippen molar-refractivity contribution in [3.63, 3.8) is 0 Å². The van der Waals surface area contributed by atoms with Gasteiger partial charge in [0.15, 0.2) is 28.9 Å². The third-order valence-corrected chi connectivity index (χ3v) is 7.97. The number of ether oxygens (including phenoxy) is 5. The molecular formula is C31H35N5O7S. The second kappa shape index (κ2) is 12.3. The lowest BCUT2D eigenvalue weighted by Crippen LogP contribution is -2.25. The molecule has 1 aliphatic heterocycles. The van der Waals surface area contributed by atoms with E-state index < -0.39 is 21.9 Å². The molecule has 4 aromatic rings. The molecule has 0 bridgehead atoms. The maximum Gasteiger partial charge on any atom is 0.264 e. The van der Waals surface area contributed by atoms with Crippen LogP contribution in [-0.4, -0.2) is 60.6 Å². The van der Waals surface area contributed by atoms with E-state index in [-0.39, 0.29) is 51.8 Å². The van der Waals surface area contributed by atoms with Gasteiger partial charge in [0.05, 0.1) is 18.6 Å². The lowest BCUT2D eigenvalue weighted by Gasteiger charge is -2.20. The summed E-state index contributed by atoms with van der Waals surface area (Å²) >= 11 is 0. The summed E-state index contributed by atoms with van der Waals surface area (Å²) in [6.07, 6.45) is 2.63. The van der Waals surface area contributed by atoms with Crippen molar-refractivity contribution in [3.8, 4) is 34.8 Å². The van der Waals surface area contributed by atoms with E-state index in [0.717, 1.165) is 5.56 Å². The third-order valence-electron chi connectivity index (χ3n) is 6.62. The highest BCUT2D eigenvalue weighted by Crippen LogP contribution is 2.41. The summed E-state index contributed by atoms with van der Waals surface area (Å²) < 4.78 is 59.4. The standard InChI is InChI=1S/C31H35N5O7S/c1-30(2,3)20-12-14-22(15-13-20)44(37,38)36-26-25(42-24-11-8-7-10-23(24)39-6)29(40-18-21-19-41-31(4,5)43-21)35-28(34-26)27-32-16-9-17-33-27/h7-17,21H,18-19H2,1-6H3,(H,34,35,36). The van der Waals surface area contributed by atoms with Crippen LogP contribution in [0, 0.1) is 0 Å². The molecular weight excluding hydrogens is 586 g/mol. The molecule has 1 aliphatic rings. The van der Waals surface area contributed by atoms with Gasteiger partial charge in [-0.2, -0.15) is 4.98 Å². The molecule has 3 heterocycles. The van der Waals surface area contributed by atoms with Gasteiger partial charge in [-0.3, -0.25) is 4.72 Å². The molecule has 1 unspecified atom stereocenters. The summed E-state index contributed by atoms with van der Waals surface area (Å²) in [5, 5.41) is 0. The van der Waals surface area contributed by atoms with E-state index in [9.17, 15) is 8.42 Å². The summed E-state index contributed by atoms with van der Waals surface area (Å²) in [5.41, 5.74) is 0.831. The molecule has 0 saturated carbocycles. The van der Waals surface area contributed by atoms with Gasteiger partial charge in [-0.05, 0) is 55.2 Å². The van der Waals surface area contributed by atoms with E-state index in [0.29, 0.717) is 12.4 Å². The molecule has 1 atom stereocenters.